The van der Waals surface area contributed by atoms with Crippen molar-refractivity contribution < 1.29 is 24.2 Å². The Balaban J connectivity index is 1.53. The Labute approximate surface area is 261 Å². The number of aryl methyl sites for hydroxylation is 1. The number of nitrogens with one attached hydrogen (secondary N) is 2. The molecule has 1 amide bonds. The molecular weight excluding hydrogens is 589 g/mol. The minimum absolute atomic E-state index is 0.0421. The van der Waals surface area contributed by atoms with Gasteiger partial charge in [-0.05, 0) is 72.9 Å². The molecule has 0 saturated carbocycles. The van der Waals surface area contributed by atoms with Crippen LogP contribution in [0.15, 0.2) is 66.9 Å². The normalized spacial score (nSPS) is 11.6. The maximum absolute atomic E-state index is 13.1. The number of methoxy groups -OCH3 is 1. The number of carboxylic acids is 1. The monoisotopic (exact) mass is 623 g/mol. The first kappa shape index (κ1) is 31.9. The van der Waals surface area contributed by atoms with E-state index < -0.39 is 12.0 Å². The molecule has 3 aromatic carbocycles. The molecule has 3 N–H and O–H groups in total. The summed E-state index contributed by atoms with van der Waals surface area (Å²) in [6.45, 7) is 2.46. The SMILES string of the molecule is CCCCOc1ccc(C(Cc2ncc(-c3ccc(Cl)cc3Cl)[nH]2)NC(=O)CCCc2ccc(OC)cc2)cc1C(=O)O. The van der Waals surface area contributed by atoms with Gasteiger partial charge in [0, 0.05) is 23.4 Å². The standard InChI is InChI=1S/C33H35Cl2N3O5/c1-3-4-16-43-30-15-10-22(17-26(30)33(40)41)28(38-32(39)7-5-6-21-8-12-24(42-2)13-9-21)19-31-36-20-29(37-31)25-14-11-23(34)18-27(25)35/h8-15,17-18,20,28H,3-7,16,19H2,1-2H3,(H,36,37)(H,38,39)(H,40,41). The number of benzene rings is 3. The molecule has 4 aromatic rings. The fraction of sp³-hybridized carbons (Fsp3) is 0.303. The van der Waals surface area contributed by atoms with Crippen molar-refractivity contribution in [2.75, 3.05) is 13.7 Å². The van der Waals surface area contributed by atoms with Crippen LogP contribution >= 0.6 is 23.2 Å². The second-order valence-electron chi connectivity index (χ2n) is 10.2. The number of aromatic nitrogens is 2. The zero-order valence-electron chi connectivity index (χ0n) is 24.2. The fourth-order valence-corrected chi connectivity index (χ4v) is 5.16. The number of H-pyrrole nitrogens is 1. The number of halogens is 2. The third-order valence-corrected chi connectivity index (χ3v) is 7.55. The first-order valence-electron chi connectivity index (χ1n) is 14.2. The number of hydrogen-bond donors (Lipinski definition) is 3. The Morgan fingerprint density at radius 2 is 1.84 bits per heavy atom. The van der Waals surface area contributed by atoms with Gasteiger partial charge < -0.3 is 24.9 Å². The summed E-state index contributed by atoms with van der Waals surface area (Å²) in [5.41, 5.74) is 3.23. The smallest absolute Gasteiger partial charge is 0.339 e. The minimum atomic E-state index is -1.10. The number of carbonyl (C=O) groups is 2. The lowest BCUT2D eigenvalue weighted by Crippen LogP contribution is -2.30. The molecule has 8 nitrogen and oxygen atoms in total. The van der Waals surface area contributed by atoms with Gasteiger partial charge >= 0.3 is 5.97 Å². The first-order chi connectivity index (χ1) is 20.8. The van der Waals surface area contributed by atoms with Gasteiger partial charge in [0.15, 0.2) is 0 Å². The van der Waals surface area contributed by atoms with Gasteiger partial charge in [0.25, 0.3) is 0 Å². The molecule has 0 fully saturated rings. The van der Waals surface area contributed by atoms with Crippen LogP contribution in [0.25, 0.3) is 11.3 Å². The van der Waals surface area contributed by atoms with Crippen molar-refractivity contribution in [2.24, 2.45) is 0 Å². The third-order valence-electron chi connectivity index (χ3n) is 7.00. The number of carbonyl (C=O) groups excluding carboxylic acids is 1. The summed E-state index contributed by atoms with van der Waals surface area (Å²) < 4.78 is 10.9. The quantitative estimate of drug-likeness (QED) is 0.117. The van der Waals surface area contributed by atoms with Crippen molar-refractivity contribution in [3.63, 3.8) is 0 Å². The highest BCUT2D eigenvalue weighted by molar-refractivity contribution is 6.36. The Morgan fingerprint density at radius 3 is 2.53 bits per heavy atom. The Hall–Kier alpha value is -4.01. The molecule has 226 valence electrons. The van der Waals surface area contributed by atoms with Gasteiger partial charge in [0.05, 0.1) is 36.7 Å². The highest BCUT2D eigenvalue weighted by Crippen LogP contribution is 2.31. The van der Waals surface area contributed by atoms with E-state index in [1.54, 1.807) is 49.7 Å². The molecular formula is C33H35Cl2N3O5. The van der Waals surface area contributed by atoms with E-state index in [0.29, 0.717) is 58.7 Å². The van der Waals surface area contributed by atoms with E-state index in [1.807, 2.05) is 31.2 Å². The summed E-state index contributed by atoms with van der Waals surface area (Å²) >= 11 is 12.4. The summed E-state index contributed by atoms with van der Waals surface area (Å²) in [7, 11) is 1.62. The zero-order chi connectivity index (χ0) is 30.8. The van der Waals surface area contributed by atoms with E-state index in [0.717, 1.165) is 36.1 Å². The van der Waals surface area contributed by atoms with Gasteiger partial charge in [0.1, 0.15) is 22.9 Å². The van der Waals surface area contributed by atoms with Gasteiger partial charge in [-0.25, -0.2) is 9.78 Å². The molecule has 1 atom stereocenters. The van der Waals surface area contributed by atoms with Crippen LogP contribution < -0.4 is 14.8 Å². The lowest BCUT2D eigenvalue weighted by molar-refractivity contribution is -0.121. The number of amides is 1. The largest absolute Gasteiger partial charge is 0.497 e. The van der Waals surface area contributed by atoms with Gasteiger partial charge in [-0.15, -0.1) is 0 Å². The van der Waals surface area contributed by atoms with Crippen LogP contribution in [0.3, 0.4) is 0 Å². The van der Waals surface area contributed by atoms with Crippen molar-refractivity contribution >= 4 is 35.1 Å². The molecule has 1 aromatic heterocycles. The van der Waals surface area contributed by atoms with Crippen LogP contribution in [-0.4, -0.2) is 40.7 Å². The number of imidazole rings is 1. The van der Waals surface area contributed by atoms with Crippen molar-refractivity contribution in [3.05, 3.63) is 99.4 Å². The summed E-state index contributed by atoms with van der Waals surface area (Å²) in [4.78, 5) is 33.1. The van der Waals surface area contributed by atoms with Crippen LogP contribution in [-0.2, 0) is 17.6 Å². The van der Waals surface area contributed by atoms with Crippen LogP contribution in [0.2, 0.25) is 10.0 Å². The van der Waals surface area contributed by atoms with Gasteiger partial charge in [0.2, 0.25) is 5.91 Å². The number of carboxylic acid groups (broad SMARTS) is 1. The van der Waals surface area contributed by atoms with E-state index in [9.17, 15) is 14.7 Å². The number of hydrogen-bond acceptors (Lipinski definition) is 5. The van der Waals surface area contributed by atoms with E-state index >= 15 is 0 Å². The molecule has 4 rings (SSSR count). The number of aromatic amines is 1. The summed E-state index contributed by atoms with van der Waals surface area (Å²) in [5.74, 6) is 0.435. The average molecular weight is 625 g/mol. The topological polar surface area (TPSA) is 114 Å². The van der Waals surface area contributed by atoms with Gasteiger partial charge in [-0.1, -0.05) is 54.7 Å². The maximum atomic E-state index is 13.1. The molecule has 10 heteroatoms. The van der Waals surface area contributed by atoms with Crippen molar-refractivity contribution in [1.82, 2.24) is 15.3 Å². The highest BCUT2D eigenvalue weighted by Gasteiger charge is 2.21. The molecule has 1 unspecified atom stereocenters. The predicted octanol–water partition coefficient (Wildman–Crippen LogP) is 7.69. The average Bonchev–Trinajstić information content (AvgIpc) is 3.45. The fourth-order valence-electron chi connectivity index (χ4n) is 4.65. The van der Waals surface area contributed by atoms with Crippen LogP contribution in [0.5, 0.6) is 11.5 Å². The molecule has 0 aliphatic carbocycles. The molecule has 0 radical (unpaired) electrons. The Morgan fingerprint density at radius 1 is 1.05 bits per heavy atom. The number of nitrogens with zero attached hydrogens (tertiary/aromatic N) is 1. The summed E-state index contributed by atoms with van der Waals surface area (Å²) in [6.07, 6.45) is 5.40. The lowest BCUT2D eigenvalue weighted by atomic mass is 9.99. The van der Waals surface area contributed by atoms with Crippen LogP contribution in [0, 0.1) is 0 Å². The number of unbranched alkanes of at least 4 members (excludes halogenated alkanes) is 1. The van der Waals surface area contributed by atoms with Crippen LogP contribution in [0.1, 0.15) is 66.0 Å². The van der Waals surface area contributed by atoms with Crippen LogP contribution in [0.4, 0.5) is 0 Å². The lowest BCUT2D eigenvalue weighted by Gasteiger charge is -2.20. The van der Waals surface area contributed by atoms with E-state index in [4.69, 9.17) is 32.7 Å². The molecule has 0 spiro atoms. The second-order valence-corrected chi connectivity index (χ2v) is 11.0. The molecule has 0 saturated heterocycles. The van der Waals surface area contributed by atoms with Gasteiger partial charge in [-0.3, -0.25) is 4.79 Å². The zero-order valence-corrected chi connectivity index (χ0v) is 25.7. The van der Waals surface area contributed by atoms with Crippen molar-refractivity contribution in [1.29, 1.82) is 0 Å². The molecule has 1 heterocycles. The Kier molecular flexibility index (Phi) is 11.5. The molecule has 0 bridgehead atoms. The second kappa shape index (κ2) is 15.5. The highest BCUT2D eigenvalue weighted by atomic mass is 35.5. The molecule has 0 aliphatic rings. The minimum Gasteiger partial charge on any atom is -0.497 e. The predicted molar refractivity (Wildman–Crippen MR) is 168 cm³/mol. The number of ether oxygens (including phenoxy) is 2. The van der Waals surface area contributed by atoms with E-state index in [-0.39, 0.29) is 11.5 Å². The van der Waals surface area contributed by atoms with Crippen molar-refractivity contribution in [3.8, 4) is 22.8 Å². The number of rotatable bonds is 15. The Bertz CT molecular complexity index is 1540. The number of aromatic carboxylic acids is 1. The van der Waals surface area contributed by atoms with E-state index in [1.165, 1.54) is 0 Å². The summed E-state index contributed by atoms with van der Waals surface area (Å²) in [6, 6.07) is 17.4. The van der Waals surface area contributed by atoms with E-state index in [2.05, 4.69) is 15.3 Å². The third kappa shape index (κ3) is 8.99. The molecule has 0 aliphatic heterocycles. The maximum Gasteiger partial charge on any atom is 0.339 e. The van der Waals surface area contributed by atoms with Gasteiger partial charge in [-0.2, -0.15) is 0 Å². The summed E-state index contributed by atoms with van der Waals surface area (Å²) in [5, 5.41) is 14.0. The van der Waals surface area contributed by atoms with Crippen molar-refractivity contribution in [2.45, 2.75) is 51.5 Å². The molecule has 43 heavy (non-hydrogen) atoms. The first-order valence-corrected chi connectivity index (χ1v) is 14.9.